The van der Waals surface area contributed by atoms with Crippen LogP contribution in [0.25, 0.3) is 22.0 Å². The topological polar surface area (TPSA) is 125 Å². The summed E-state index contributed by atoms with van der Waals surface area (Å²) in [6.07, 6.45) is 1.69. The van der Waals surface area contributed by atoms with Crippen LogP contribution in [0.5, 0.6) is 0 Å². The van der Waals surface area contributed by atoms with Crippen LogP contribution in [-0.4, -0.2) is 30.0 Å². The van der Waals surface area contributed by atoms with Crippen LogP contribution in [-0.2, 0) is 10.0 Å². The lowest BCUT2D eigenvalue weighted by molar-refractivity contribution is 0.0694. The molecule has 0 bridgehead atoms. The molecular formula is C36H27BrN4O5S. The lowest BCUT2D eigenvalue weighted by Crippen LogP contribution is -2.28. The van der Waals surface area contributed by atoms with Crippen LogP contribution in [0.2, 0.25) is 0 Å². The van der Waals surface area contributed by atoms with Gasteiger partial charge in [0.2, 0.25) is 0 Å². The summed E-state index contributed by atoms with van der Waals surface area (Å²) in [6.45, 7) is 1.87. The molecule has 1 atom stereocenters. The number of halogens is 1. The number of fused-ring (bicyclic) bond motifs is 1. The van der Waals surface area contributed by atoms with Gasteiger partial charge in [-0.15, -0.1) is 0 Å². The minimum Gasteiger partial charge on any atom is -0.467 e. The van der Waals surface area contributed by atoms with E-state index in [9.17, 15) is 18.0 Å². The van der Waals surface area contributed by atoms with Crippen LogP contribution < -0.4 is 10.3 Å². The summed E-state index contributed by atoms with van der Waals surface area (Å²) in [5, 5.41) is 6.86. The van der Waals surface area contributed by atoms with Crippen LogP contribution in [0.4, 0.5) is 5.69 Å². The standard InChI is InChI=1S/C36H27BrN4O5S/c1-22-13-16-25(17-14-22)47(44,45)40-29-11-6-5-10-26(29)36(43)41-31(32-12-7-19-46-32)21-30(39-41)34-33(23-8-3-2-4-9-23)27-20-24(37)15-18-28(27)38-35(34)42/h2-20,31,40H,21H2,1H3,(H,38,42)/t31-/m1/s1. The van der Waals surface area contributed by atoms with Gasteiger partial charge in [0.25, 0.3) is 21.5 Å². The normalized spacial score (nSPS) is 14.7. The van der Waals surface area contributed by atoms with Crippen molar-refractivity contribution in [2.45, 2.75) is 24.3 Å². The maximum Gasteiger partial charge on any atom is 0.276 e. The van der Waals surface area contributed by atoms with E-state index in [0.717, 1.165) is 21.0 Å². The highest BCUT2D eigenvalue weighted by Gasteiger charge is 2.38. The number of aromatic amines is 1. The second kappa shape index (κ2) is 12.2. The Hall–Kier alpha value is -5.26. The zero-order valence-corrected chi connectivity index (χ0v) is 27.4. The molecule has 3 heterocycles. The number of para-hydroxylation sites is 1. The highest BCUT2D eigenvalue weighted by molar-refractivity contribution is 9.10. The number of aryl methyl sites for hydroxylation is 1. The first-order valence-electron chi connectivity index (χ1n) is 14.7. The Morgan fingerprint density at radius 2 is 1.68 bits per heavy atom. The van der Waals surface area contributed by atoms with Gasteiger partial charge in [-0.3, -0.25) is 14.3 Å². The van der Waals surface area contributed by atoms with Gasteiger partial charge in [0.15, 0.2) is 0 Å². The van der Waals surface area contributed by atoms with Crippen molar-refractivity contribution < 1.29 is 17.6 Å². The fourth-order valence-electron chi connectivity index (χ4n) is 5.80. The first kappa shape index (κ1) is 30.4. The van der Waals surface area contributed by atoms with Gasteiger partial charge in [0.1, 0.15) is 11.8 Å². The maximum atomic E-state index is 14.4. The van der Waals surface area contributed by atoms with E-state index < -0.39 is 22.0 Å². The van der Waals surface area contributed by atoms with Crippen LogP contribution in [0.1, 0.15) is 39.7 Å². The average Bonchev–Trinajstić information content (AvgIpc) is 3.76. The molecule has 0 spiro atoms. The molecule has 2 aromatic heterocycles. The molecule has 9 nitrogen and oxygen atoms in total. The molecule has 234 valence electrons. The summed E-state index contributed by atoms with van der Waals surface area (Å²) in [6, 6.07) is 30.8. The van der Waals surface area contributed by atoms with E-state index in [1.54, 1.807) is 36.4 Å². The monoisotopic (exact) mass is 706 g/mol. The Balaban J connectivity index is 1.36. The van der Waals surface area contributed by atoms with Gasteiger partial charge >= 0.3 is 0 Å². The Kier molecular flexibility index (Phi) is 7.86. The average molecular weight is 708 g/mol. The fourth-order valence-corrected chi connectivity index (χ4v) is 7.24. The first-order valence-corrected chi connectivity index (χ1v) is 17.0. The molecule has 2 N–H and O–H groups in total. The summed E-state index contributed by atoms with van der Waals surface area (Å²) in [4.78, 5) is 31.3. The molecule has 1 aliphatic rings. The van der Waals surface area contributed by atoms with E-state index in [4.69, 9.17) is 9.52 Å². The van der Waals surface area contributed by atoms with Crippen LogP contribution in [0.3, 0.4) is 0 Å². The third kappa shape index (κ3) is 5.79. The van der Waals surface area contributed by atoms with Crippen molar-refractivity contribution in [1.82, 2.24) is 9.99 Å². The zero-order chi connectivity index (χ0) is 32.7. The molecule has 1 aliphatic heterocycles. The molecule has 4 aromatic carbocycles. The molecular weight excluding hydrogens is 680 g/mol. The number of furan rings is 1. The SMILES string of the molecule is Cc1ccc(S(=O)(=O)Nc2ccccc2C(=O)N2N=C(c3c(-c4ccccc4)c4cc(Br)ccc4[nH]c3=O)C[C@@H]2c2ccco2)cc1. The lowest BCUT2D eigenvalue weighted by Gasteiger charge is -2.21. The predicted octanol–water partition coefficient (Wildman–Crippen LogP) is 7.65. The van der Waals surface area contributed by atoms with Gasteiger partial charge in [-0.2, -0.15) is 5.10 Å². The molecule has 0 fully saturated rings. The minimum absolute atomic E-state index is 0.0656. The van der Waals surface area contributed by atoms with Gasteiger partial charge in [0, 0.05) is 27.4 Å². The second-order valence-corrected chi connectivity index (χ2v) is 13.8. The quantitative estimate of drug-likeness (QED) is 0.176. The Bertz CT molecular complexity index is 2340. The van der Waals surface area contributed by atoms with Crippen molar-refractivity contribution >= 4 is 54.2 Å². The van der Waals surface area contributed by atoms with Crippen LogP contribution in [0.15, 0.2) is 139 Å². The smallest absolute Gasteiger partial charge is 0.276 e. The highest BCUT2D eigenvalue weighted by atomic mass is 79.9. The summed E-state index contributed by atoms with van der Waals surface area (Å²) < 4.78 is 35.8. The number of carbonyl (C=O) groups is 1. The van der Waals surface area contributed by atoms with Crippen LogP contribution in [0, 0.1) is 6.92 Å². The summed E-state index contributed by atoms with van der Waals surface area (Å²) in [5.74, 6) is -0.0964. The Morgan fingerprint density at radius 1 is 0.936 bits per heavy atom. The zero-order valence-electron chi connectivity index (χ0n) is 25.0. The van der Waals surface area contributed by atoms with Gasteiger partial charge in [0.05, 0.1) is 33.7 Å². The number of nitrogens with one attached hydrogen (secondary N) is 2. The number of nitrogens with zero attached hydrogens (tertiary/aromatic N) is 2. The third-order valence-electron chi connectivity index (χ3n) is 8.05. The van der Waals surface area contributed by atoms with E-state index in [0.29, 0.717) is 28.1 Å². The van der Waals surface area contributed by atoms with E-state index in [-0.39, 0.29) is 28.1 Å². The number of amides is 1. The number of H-pyrrole nitrogens is 1. The van der Waals surface area contributed by atoms with Crippen molar-refractivity contribution in [3.8, 4) is 11.1 Å². The van der Waals surface area contributed by atoms with Crippen LogP contribution >= 0.6 is 15.9 Å². The molecule has 6 aromatic rings. The van der Waals surface area contributed by atoms with E-state index >= 15 is 0 Å². The van der Waals surface area contributed by atoms with Gasteiger partial charge in [-0.05, 0) is 67.1 Å². The van der Waals surface area contributed by atoms with E-state index in [1.165, 1.54) is 35.5 Å². The summed E-state index contributed by atoms with van der Waals surface area (Å²) in [7, 11) is -4.01. The summed E-state index contributed by atoms with van der Waals surface area (Å²) in [5.41, 5.74) is 3.63. The maximum absolute atomic E-state index is 14.4. The van der Waals surface area contributed by atoms with Gasteiger partial charge in [-0.1, -0.05) is 76.1 Å². The number of benzene rings is 4. The van der Waals surface area contributed by atoms with Crippen molar-refractivity contribution in [3.63, 3.8) is 0 Å². The molecule has 0 saturated heterocycles. The molecule has 11 heteroatoms. The molecule has 0 unspecified atom stereocenters. The number of aromatic nitrogens is 1. The largest absolute Gasteiger partial charge is 0.467 e. The van der Waals surface area contributed by atoms with Crippen molar-refractivity contribution in [2.75, 3.05) is 4.72 Å². The minimum atomic E-state index is -4.01. The number of carbonyl (C=O) groups excluding carboxylic acids is 1. The predicted molar refractivity (Wildman–Crippen MR) is 185 cm³/mol. The summed E-state index contributed by atoms with van der Waals surface area (Å²) >= 11 is 3.57. The first-order chi connectivity index (χ1) is 22.7. The number of hydrogen-bond acceptors (Lipinski definition) is 6. The Labute approximate surface area is 278 Å². The fraction of sp³-hybridized carbons (Fsp3) is 0.0833. The number of sulfonamides is 1. The number of pyridine rings is 1. The van der Waals surface area contributed by atoms with Crippen molar-refractivity contribution in [3.05, 3.63) is 153 Å². The molecule has 47 heavy (non-hydrogen) atoms. The van der Waals surface area contributed by atoms with Gasteiger partial charge in [-0.25, -0.2) is 13.4 Å². The van der Waals surface area contributed by atoms with E-state index in [1.807, 2.05) is 55.5 Å². The number of hydrogen-bond donors (Lipinski definition) is 2. The molecule has 0 radical (unpaired) electrons. The second-order valence-electron chi connectivity index (χ2n) is 11.2. The number of hydrazone groups is 1. The number of rotatable bonds is 7. The molecule has 1 amide bonds. The van der Waals surface area contributed by atoms with Gasteiger partial charge < -0.3 is 9.40 Å². The lowest BCUT2D eigenvalue weighted by atomic mass is 9.92. The van der Waals surface area contributed by atoms with Crippen molar-refractivity contribution in [1.29, 1.82) is 0 Å². The van der Waals surface area contributed by atoms with Crippen molar-refractivity contribution in [2.24, 2.45) is 5.10 Å². The van der Waals surface area contributed by atoms with E-state index in [2.05, 4.69) is 25.6 Å². The molecule has 0 aliphatic carbocycles. The molecule has 7 rings (SSSR count). The molecule has 0 saturated carbocycles. The third-order valence-corrected chi connectivity index (χ3v) is 9.93. The number of anilines is 1. The highest BCUT2D eigenvalue weighted by Crippen LogP contribution is 2.39. The Morgan fingerprint density at radius 3 is 2.43 bits per heavy atom.